The monoisotopic (exact) mass is 380 g/mol. The molecule has 7 nitrogen and oxygen atoms in total. The molecule has 2 fully saturated rings. The molecule has 0 radical (unpaired) electrons. The number of methoxy groups -OCH3 is 1. The first-order valence-electron chi connectivity index (χ1n) is 8.91. The lowest BCUT2D eigenvalue weighted by Crippen LogP contribution is -2.53. The molecule has 3 amide bonds. The van der Waals surface area contributed by atoms with E-state index in [1.165, 1.54) is 0 Å². The van der Waals surface area contributed by atoms with E-state index in [1.807, 2.05) is 23.1 Å². The Morgan fingerprint density at radius 3 is 2.54 bits per heavy atom. The highest BCUT2D eigenvalue weighted by atomic mass is 35.5. The van der Waals surface area contributed by atoms with Gasteiger partial charge in [-0.25, -0.2) is 4.79 Å². The van der Waals surface area contributed by atoms with Crippen molar-refractivity contribution in [3.05, 3.63) is 23.2 Å². The summed E-state index contributed by atoms with van der Waals surface area (Å²) in [6.07, 6.45) is 1.63. The highest BCUT2D eigenvalue weighted by molar-refractivity contribution is 6.33. The van der Waals surface area contributed by atoms with E-state index in [0.717, 1.165) is 24.3 Å². The third-order valence-electron chi connectivity index (χ3n) is 5.17. The van der Waals surface area contributed by atoms with Crippen LogP contribution in [0.4, 0.5) is 10.5 Å². The molecule has 0 spiro atoms. The smallest absolute Gasteiger partial charge is 0.314 e. The van der Waals surface area contributed by atoms with Crippen LogP contribution in [0.2, 0.25) is 5.02 Å². The SMILES string of the molecule is COc1ccc(Cl)c(N2CCN(C(=O)[C@H]3CCCN(C(N)=O)C3)CC2)c1. The number of amides is 3. The molecule has 2 aliphatic heterocycles. The predicted molar refractivity (Wildman–Crippen MR) is 101 cm³/mol. The number of anilines is 1. The molecule has 1 atom stereocenters. The van der Waals surface area contributed by atoms with Crippen LogP contribution in [0.15, 0.2) is 18.2 Å². The first-order chi connectivity index (χ1) is 12.5. The first kappa shape index (κ1) is 18.6. The molecule has 1 aromatic rings. The highest BCUT2D eigenvalue weighted by Crippen LogP contribution is 2.31. The lowest BCUT2D eigenvalue weighted by atomic mass is 9.96. The first-order valence-corrected chi connectivity index (χ1v) is 9.29. The summed E-state index contributed by atoms with van der Waals surface area (Å²) in [4.78, 5) is 29.8. The van der Waals surface area contributed by atoms with Gasteiger partial charge in [0.05, 0.1) is 23.7 Å². The van der Waals surface area contributed by atoms with E-state index in [-0.39, 0.29) is 11.8 Å². The number of benzene rings is 1. The maximum absolute atomic E-state index is 12.8. The van der Waals surface area contributed by atoms with Gasteiger partial charge in [0.1, 0.15) is 5.75 Å². The Bertz CT molecular complexity index is 676. The van der Waals surface area contributed by atoms with E-state index < -0.39 is 6.03 Å². The molecule has 0 bridgehead atoms. The second-order valence-electron chi connectivity index (χ2n) is 6.75. The van der Waals surface area contributed by atoms with Gasteiger partial charge in [-0.15, -0.1) is 0 Å². The number of carbonyl (C=O) groups excluding carboxylic acids is 2. The van der Waals surface area contributed by atoms with Crippen LogP contribution in [0.25, 0.3) is 0 Å². The third-order valence-corrected chi connectivity index (χ3v) is 5.49. The second-order valence-corrected chi connectivity index (χ2v) is 7.16. The summed E-state index contributed by atoms with van der Waals surface area (Å²) in [5.74, 6) is 0.729. The fourth-order valence-corrected chi connectivity index (χ4v) is 3.90. The summed E-state index contributed by atoms with van der Waals surface area (Å²) in [5.41, 5.74) is 6.29. The lowest BCUT2D eigenvalue weighted by Gasteiger charge is -2.39. The number of rotatable bonds is 3. The largest absolute Gasteiger partial charge is 0.497 e. The van der Waals surface area contributed by atoms with Gasteiger partial charge < -0.3 is 25.2 Å². The van der Waals surface area contributed by atoms with Crippen molar-refractivity contribution in [1.82, 2.24) is 9.80 Å². The molecule has 0 unspecified atom stereocenters. The molecule has 2 heterocycles. The minimum absolute atomic E-state index is 0.118. The Balaban J connectivity index is 1.60. The summed E-state index contributed by atoms with van der Waals surface area (Å²) in [5, 5.41) is 0.676. The Morgan fingerprint density at radius 1 is 1.15 bits per heavy atom. The highest BCUT2D eigenvalue weighted by Gasteiger charge is 2.32. The van der Waals surface area contributed by atoms with E-state index in [2.05, 4.69) is 4.90 Å². The number of nitrogens with two attached hydrogens (primary N) is 1. The fraction of sp³-hybridized carbons (Fsp3) is 0.556. The average molecular weight is 381 g/mol. The van der Waals surface area contributed by atoms with Crippen LogP contribution in [0.1, 0.15) is 12.8 Å². The maximum atomic E-state index is 12.8. The van der Waals surface area contributed by atoms with Crippen LogP contribution < -0.4 is 15.4 Å². The molecule has 3 rings (SSSR count). The van der Waals surface area contributed by atoms with Crippen LogP contribution in [-0.4, -0.2) is 68.1 Å². The zero-order chi connectivity index (χ0) is 18.7. The van der Waals surface area contributed by atoms with Gasteiger partial charge in [0, 0.05) is 45.3 Å². The van der Waals surface area contributed by atoms with Gasteiger partial charge in [0.15, 0.2) is 0 Å². The van der Waals surface area contributed by atoms with Crippen LogP contribution in [0.5, 0.6) is 5.75 Å². The topological polar surface area (TPSA) is 79.1 Å². The molecule has 2 saturated heterocycles. The standard InChI is InChI=1S/C18H25ClN4O3/c1-26-14-4-5-15(19)16(11-14)21-7-9-22(10-8-21)17(24)13-3-2-6-23(12-13)18(20)25/h4-5,11,13H,2-3,6-10,12H2,1H3,(H2,20,25)/t13-/m0/s1. The van der Waals surface area contributed by atoms with Crippen molar-refractivity contribution >= 4 is 29.2 Å². The van der Waals surface area contributed by atoms with E-state index in [9.17, 15) is 9.59 Å². The van der Waals surface area contributed by atoms with E-state index in [1.54, 1.807) is 12.0 Å². The number of hydrogen-bond donors (Lipinski definition) is 1. The summed E-state index contributed by atoms with van der Waals surface area (Å²) in [6.45, 7) is 3.77. The van der Waals surface area contributed by atoms with Crippen molar-refractivity contribution in [3.8, 4) is 5.75 Å². The number of piperidine rings is 1. The van der Waals surface area contributed by atoms with Crippen molar-refractivity contribution in [3.63, 3.8) is 0 Å². The Labute approximate surface area is 158 Å². The summed E-state index contributed by atoms with van der Waals surface area (Å²) in [6, 6.07) is 5.14. The Hall–Kier alpha value is -2.15. The number of urea groups is 1. The van der Waals surface area contributed by atoms with E-state index in [0.29, 0.717) is 44.3 Å². The van der Waals surface area contributed by atoms with Crippen LogP contribution in [-0.2, 0) is 4.79 Å². The number of carbonyl (C=O) groups is 2. The molecule has 26 heavy (non-hydrogen) atoms. The molecule has 142 valence electrons. The lowest BCUT2D eigenvalue weighted by molar-refractivity contribution is -0.137. The van der Waals surface area contributed by atoms with Gasteiger partial charge in [-0.05, 0) is 25.0 Å². The molecular weight excluding hydrogens is 356 g/mol. The molecular formula is C18H25ClN4O3. The van der Waals surface area contributed by atoms with Gasteiger partial charge in [-0.1, -0.05) is 11.6 Å². The van der Waals surface area contributed by atoms with Gasteiger partial charge in [-0.3, -0.25) is 4.79 Å². The summed E-state index contributed by atoms with van der Waals surface area (Å²) >= 11 is 6.33. The average Bonchev–Trinajstić information content (AvgIpc) is 2.68. The number of piperazine rings is 1. The Morgan fingerprint density at radius 2 is 1.88 bits per heavy atom. The number of likely N-dealkylation sites (tertiary alicyclic amines) is 1. The number of primary amides is 1. The molecule has 0 aliphatic carbocycles. The fourth-order valence-electron chi connectivity index (χ4n) is 3.67. The number of hydrogen-bond acceptors (Lipinski definition) is 4. The quantitative estimate of drug-likeness (QED) is 0.867. The minimum atomic E-state index is -0.444. The van der Waals surface area contributed by atoms with Crippen molar-refractivity contribution < 1.29 is 14.3 Å². The van der Waals surface area contributed by atoms with Crippen molar-refractivity contribution in [2.45, 2.75) is 12.8 Å². The number of nitrogens with zero attached hydrogens (tertiary/aromatic N) is 3. The van der Waals surface area contributed by atoms with Gasteiger partial charge in [-0.2, -0.15) is 0 Å². The number of halogens is 1. The predicted octanol–water partition coefficient (Wildman–Crippen LogP) is 1.79. The maximum Gasteiger partial charge on any atom is 0.314 e. The molecule has 1 aromatic carbocycles. The van der Waals surface area contributed by atoms with Gasteiger partial charge >= 0.3 is 6.03 Å². The van der Waals surface area contributed by atoms with Crippen LogP contribution >= 0.6 is 11.6 Å². The molecule has 0 saturated carbocycles. The zero-order valence-electron chi connectivity index (χ0n) is 15.0. The van der Waals surface area contributed by atoms with Crippen molar-refractivity contribution in [2.75, 3.05) is 51.3 Å². The summed E-state index contributed by atoms with van der Waals surface area (Å²) in [7, 11) is 1.63. The van der Waals surface area contributed by atoms with Crippen molar-refractivity contribution in [1.29, 1.82) is 0 Å². The zero-order valence-corrected chi connectivity index (χ0v) is 15.7. The molecule has 2 N–H and O–H groups in total. The van der Waals surface area contributed by atoms with Crippen LogP contribution in [0.3, 0.4) is 0 Å². The molecule has 2 aliphatic rings. The molecule has 8 heteroatoms. The van der Waals surface area contributed by atoms with Gasteiger partial charge in [0.25, 0.3) is 0 Å². The van der Waals surface area contributed by atoms with Gasteiger partial charge in [0.2, 0.25) is 5.91 Å². The third kappa shape index (κ3) is 3.98. The van der Waals surface area contributed by atoms with Crippen LogP contribution in [0, 0.1) is 5.92 Å². The minimum Gasteiger partial charge on any atom is -0.497 e. The normalized spacial score (nSPS) is 20.8. The number of ether oxygens (including phenoxy) is 1. The van der Waals surface area contributed by atoms with Crippen molar-refractivity contribution in [2.24, 2.45) is 11.7 Å². The summed E-state index contributed by atoms with van der Waals surface area (Å²) < 4.78 is 5.28. The molecule has 0 aromatic heterocycles. The van der Waals surface area contributed by atoms with E-state index >= 15 is 0 Å². The van der Waals surface area contributed by atoms with E-state index in [4.69, 9.17) is 22.1 Å². The second kappa shape index (κ2) is 8.03. The Kier molecular flexibility index (Phi) is 5.76.